The van der Waals surface area contributed by atoms with Crippen LogP contribution in [0.5, 0.6) is 5.75 Å². The molecule has 1 aromatic heterocycles. The molecule has 0 spiro atoms. The van der Waals surface area contributed by atoms with Crippen molar-refractivity contribution in [2.75, 3.05) is 18.1 Å². The van der Waals surface area contributed by atoms with Crippen molar-refractivity contribution in [2.45, 2.75) is 51.5 Å². The molecule has 0 saturated carbocycles. The van der Waals surface area contributed by atoms with E-state index in [9.17, 15) is 4.79 Å². The molecule has 1 aliphatic rings. The van der Waals surface area contributed by atoms with Gasteiger partial charge in [-0.25, -0.2) is 4.98 Å². The molecule has 186 valence electrons. The fourth-order valence-corrected chi connectivity index (χ4v) is 5.34. The Labute approximate surface area is 221 Å². The fourth-order valence-electron chi connectivity index (χ4n) is 4.96. The minimum absolute atomic E-state index is 0.0536. The highest BCUT2D eigenvalue weighted by molar-refractivity contribution is 9.10. The van der Waals surface area contributed by atoms with Crippen molar-refractivity contribution >= 4 is 38.6 Å². The summed E-state index contributed by atoms with van der Waals surface area (Å²) in [6, 6.07) is 24.6. The number of carbonyl (C=O) groups is 1. The standard InChI is InChI=1S/C30H32BrN3O2/c1-3-21(2)22-12-14-26(15-13-22)36-17-7-16-33-28-11-5-4-10-27(28)32-30(33)23-18-29(35)34(20-23)25-9-6-8-24(31)19-25/h4-6,8-15,19,21,23H,3,7,16-18,20H2,1-2H3. The van der Waals surface area contributed by atoms with E-state index in [1.807, 2.05) is 47.4 Å². The summed E-state index contributed by atoms with van der Waals surface area (Å²) in [5.74, 6) is 2.65. The number of hydrogen-bond acceptors (Lipinski definition) is 3. The van der Waals surface area contributed by atoms with Gasteiger partial charge in [0.2, 0.25) is 5.91 Å². The molecule has 0 N–H and O–H groups in total. The minimum atomic E-state index is 0.0536. The maximum Gasteiger partial charge on any atom is 0.227 e. The van der Waals surface area contributed by atoms with E-state index < -0.39 is 0 Å². The van der Waals surface area contributed by atoms with Gasteiger partial charge in [-0.1, -0.05) is 60.1 Å². The van der Waals surface area contributed by atoms with E-state index in [4.69, 9.17) is 9.72 Å². The highest BCUT2D eigenvalue weighted by Crippen LogP contribution is 2.34. The van der Waals surface area contributed by atoms with Crippen molar-refractivity contribution in [3.63, 3.8) is 0 Å². The molecule has 5 nitrogen and oxygen atoms in total. The number of hydrogen-bond donors (Lipinski definition) is 0. The summed E-state index contributed by atoms with van der Waals surface area (Å²) in [7, 11) is 0. The van der Waals surface area contributed by atoms with Crippen molar-refractivity contribution in [1.82, 2.24) is 9.55 Å². The number of para-hydroxylation sites is 2. The van der Waals surface area contributed by atoms with Gasteiger partial charge in [-0.15, -0.1) is 0 Å². The third-order valence-electron chi connectivity index (χ3n) is 7.15. The van der Waals surface area contributed by atoms with E-state index in [-0.39, 0.29) is 11.8 Å². The molecule has 1 amide bonds. The molecule has 0 aliphatic carbocycles. The van der Waals surface area contributed by atoms with Gasteiger partial charge in [0.05, 0.1) is 17.6 Å². The first-order valence-corrected chi connectivity index (χ1v) is 13.6. The Kier molecular flexibility index (Phi) is 7.42. The zero-order valence-corrected chi connectivity index (χ0v) is 22.4. The summed E-state index contributed by atoms with van der Waals surface area (Å²) >= 11 is 3.52. The summed E-state index contributed by atoms with van der Waals surface area (Å²) < 4.78 is 9.31. The van der Waals surface area contributed by atoms with E-state index in [1.165, 1.54) is 5.56 Å². The number of rotatable bonds is 9. The molecule has 0 radical (unpaired) electrons. The molecule has 2 unspecified atom stereocenters. The number of aryl methyl sites for hydroxylation is 1. The van der Waals surface area contributed by atoms with Crippen LogP contribution in [0.25, 0.3) is 11.0 Å². The number of anilines is 1. The number of imidazole rings is 1. The summed E-state index contributed by atoms with van der Waals surface area (Å²) in [4.78, 5) is 19.8. The maximum atomic E-state index is 13.0. The molecular weight excluding hydrogens is 514 g/mol. The van der Waals surface area contributed by atoms with Gasteiger partial charge in [0.25, 0.3) is 0 Å². The Morgan fingerprint density at radius 3 is 2.67 bits per heavy atom. The lowest BCUT2D eigenvalue weighted by molar-refractivity contribution is -0.117. The first-order chi connectivity index (χ1) is 17.5. The van der Waals surface area contributed by atoms with Crippen LogP contribution in [0, 0.1) is 0 Å². The summed E-state index contributed by atoms with van der Waals surface area (Å²) in [5.41, 5.74) is 4.36. The third kappa shape index (κ3) is 5.19. The molecular formula is C30H32BrN3O2. The van der Waals surface area contributed by atoms with Crippen LogP contribution >= 0.6 is 15.9 Å². The first-order valence-electron chi connectivity index (χ1n) is 12.8. The molecule has 1 aliphatic heterocycles. The van der Waals surface area contributed by atoms with E-state index in [1.54, 1.807) is 0 Å². The van der Waals surface area contributed by atoms with Crippen molar-refractivity contribution in [3.05, 3.63) is 88.7 Å². The SMILES string of the molecule is CCC(C)c1ccc(OCCCn2c(C3CC(=O)N(c4cccc(Br)c4)C3)nc3ccccc32)cc1. The van der Waals surface area contributed by atoms with E-state index in [2.05, 4.69) is 64.7 Å². The molecule has 0 bridgehead atoms. The molecule has 1 fully saturated rings. The van der Waals surface area contributed by atoms with Crippen LogP contribution in [0.2, 0.25) is 0 Å². The van der Waals surface area contributed by atoms with E-state index >= 15 is 0 Å². The number of fused-ring (bicyclic) bond motifs is 1. The Bertz CT molecular complexity index is 1350. The lowest BCUT2D eigenvalue weighted by atomic mass is 9.99. The molecule has 6 heteroatoms. The van der Waals surface area contributed by atoms with Crippen molar-refractivity contribution < 1.29 is 9.53 Å². The number of nitrogens with zero attached hydrogens (tertiary/aromatic N) is 3. The molecule has 1 saturated heterocycles. The van der Waals surface area contributed by atoms with Crippen LogP contribution in [-0.2, 0) is 11.3 Å². The second-order valence-corrected chi connectivity index (χ2v) is 10.5. The Morgan fingerprint density at radius 1 is 1.08 bits per heavy atom. The predicted octanol–water partition coefficient (Wildman–Crippen LogP) is 7.30. The van der Waals surface area contributed by atoms with Gasteiger partial charge in [-0.3, -0.25) is 4.79 Å². The van der Waals surface area contributed by atoms with Crippen LogP contribution in [0.3, 0.4) is 0 Å². The van der Waals surface area contributed by atoms with Crippen molar-refractivity contribution in [1.29, 1.82) is 0 Å². The van der Waals surface area contributed by atoms with Crippen LogP contribution in [0.1, 0.15) is 56.3 Å². The molecule has 36 heavy (non-hydrogen) atoms. The zero-order chi connectivity index (χ0) is 25.1. The Hall–Kier alpha value is -3.12. The molecule has 3 aromatic carbocycles. The fraction of sp³-hybridized carbons (Fsp3) is 0.333. The largest absolute Gasteiger partial charge is 0.494 e. The zero-order valence-electron chi connectivity index (χ0n) is 20.9. The smallest absolute Gasteiger partial charge is 0.227 e. The minimum Gasteiger partial charge on any atom is -0.494 e. The molecule has 5 rings (SSSR count). The number of ether oxygens (including phenoxy) is 1. The first kappa shape index (κ1) is 24.6. The molecule has 2 heterocycles. The average Bonchev–Trinajstić information content (AvgIpc) is 3.47. The molecule has 2 atom stereocenters. The monoisotopic (exact) mass is 545 g/mol. The summed E-state index contributed by atoms with van der Waals surface area (Å²) in [6.45, 7) is 6.52. The van der Waals surface area contributed by atoms with Crippen LogP contribution < -0.4 is 9.64 Å². The number of amides is 1. The quantitative estimate of drug-likeness (QED) is 0.207. The predicted molar refractivity (Wildman–Crippen MR) is 149 cm³/mol. The van der Waals surface area contributed by atoms with Crippen molar-refractivity contribution in [3.8, 4) is 5.75 Å². The van der Waals surface area contributed by atoms with E-state index in [0.29, 0.717) is 25.5 Å². The number of aromatic nitrogens is 2. The Morgan fingerprint density at radius 2 is 1.89 bits per heavy atom. The summed E-state index contributed by atoms with van der Waals surface area (Å²) in [5, 5.41) is 0. The van der Waals surface area contributed by atoms with Gasteiger partial charge < -0.3 is 14.2 Å². The second-order valence-electron chi connectivity index (χ2n) is 9.58. The highest BCUT2D eigenvalue weighted by atomic mass is 79.9. The second kappa shape index (κ2) is 10.9. The van der Waals surface area contributed by atoms with Gasteiger partial charge >= 0.3 is 0 Å². The maximum absolute atomic E-state index is 13.0. The van der Waals surface area contributed by atoms with Gasteiger partial charge in [0, 0.05) is 35.6 Å². The van der Waals surface area contributed by atoms with Crippen molar-refractivity contribution in [2.24, 2.45) is 0 Å². The normalized spacial score (nSPS) is 16.6. The number of halogens is 1. The summed E-state index contributed by atoms with van der Waals surface area (Å²) in [6.07, 6.45) is 2.46. The lowest BCUT2D eigenvalue weighted by Crippen LogP contribution is -2.24. The van der Waals surface area contributed by atoms with E-state index in [0.717, 1.165) is 52.2 Å². The lowest BCUT2D eigenvalue weighted by Gasteiger charge is -2.18. The number of benzene rings is 3. The van der Waals surface area contributed by atoms with Gasteiger partial charge in [0.15, 0.2) is 0 Å². The topological polar surface area (TPSA) is 47.4 Å². The third-order valence-corrected chi connectivity index (χ3v) is 7.64. The number of carbonyl (C=O) groups excluding carboxylic acids is 1. The van der Waals surface area contributed by atoms with Gasteiger partial charge in [-0.05, 0) is 66.8 Å². The Balaban J connectivity index is 1.29. The average molecular weight is 547 g/mol. The van der Waals surface area contributed by atoms with Crippen LogP contribution in [0.4, 0.5) is 5.69 Å². The molecule has 4 aromatic rings. The van der Waals surface area contributed by atoms with Crippen LogP contribution in [0.15, 0.2) is 77.3 Å². The highest BCUT2D eigenvalue weighted by Gasteiger charge is 2.34. The van der Waals surface area contributed by atoms with Gasteiger partial charge in [0.1, 0.15) is 11.6 Å². The van der Waals surface area contributed by atoms with Gasteiger partial charge in [-0.2, -0.15) is 0 Å². The van der Waals surface area contributed by atoms with Crippen LogP contribution in [-0.4, -0.2) is 28.6 Å².